The van der Waals surface area contributed by atoms with Gasteiger partial charge in [0.15, 0.2) is 5.82 Å². The maximum atomic E-state index is 6.00. The third-order valence-corrected chi connectivity index (χ3v) is 3.61. The van der Waals surface area contributed by atoms with Crippen molar-refractivity contribution >= 4 is 11.5 Å². The third kappa shape index (κ3) is 2.38. The Hall–Kier alpha value is -1.97. The molecule has 20 heavy (non-hydrogen) atoms. The second-order valence-electron chi connectivity index (χ2n) is 5.65. The SMILES string of the molecule is CC(C)c1c(Nc2ccccc2)nn2c1O[C@H](C)CC2. The number of ether oxygens (including phenoxy) is 1. The van der Waals surface area contributed by atoms with E-state index in [-0.39, 0.29) is 6.10 Å². The van der Waals surface area contributed by atoms with Crippen LogP contribution in [0.25, 0.3) is 0 Å². The molecule has 0 amide bonds. The summed E-state index contributed by atoms with van der Waals surface area (Å²) in [7, 11) is 0. The zero-order valence-corrected chi connectivity index (χ0v) is 12.3. The zero-order chi connectivity index (χ0) is 14.1. The van der Waals surface area contributed by atoms with Crippen LogP contribution >= 0.6 is 0 Å². The maximum absolute atomic E-state index is 6.00. The molecule has 1 aromatic carbocycles. The van der Waals surface area contributed by atoms with Crippen molar-refractivity contribution in [1.82, 2.24) is 9.78 Å². The molecule has 2 aromatic rings. The van der Waals surface area contributed by atoms with Gasteiger partial charge in [-0.1, -0.05) is 32.0 Å². The first-order valence-corrected chi connectivity index (χ1v) is 7.24. The number of para-hydroxylation sites is 1. The van der Waals surface area contributed by atoms with Gasteiger partial charge < -0.3 is 10.1 Å². The number of aromatic nitrogens is 2. The highest BCUT2D eigenvalue weighted by molar-refractivity contribution is 5.62. The summed E-state index contributed by atoms with van der Waals surface area (Å²) in [5.41, 5.74) is 2.22. The molecule has 0 aliphatic carbocycles. The number of benzene rings is 1. The minimum Gasteiger partial charge on any atom is -0.474 e. The van der Waals surface area contributed by atoms with Crippen LogP contribution in [0.2, 0.25) is 0 Å². The molecule has 1 atom stereocenters. The molecule has 3 rings (SSSR count). The molecule has 4 heteroatoms. The Kier molecular flexibility index (Phi) is 3.38. The van der Waals surface area contributed by atoms with Gasteiger partial charge in [-0.3, -0.25) is 0 Å². The van der Waals surface area contributed by atoms with Gasteiger partial charge in [0.05, 0.1) is 11.7 Å². The molecule has 4 nitrogen and oxygen atoms in total. The molecule has 0 saturated carbocycles. The van der Waals surface area contributed by atoms with Crippen molar-refractivity contribution in [3.63, 3.8) is 0 Å². The van der Waals surface area contributed by atoms with E-state index >= 15 is 0 Å². The van der Waals surface area contributed by atoms with Gasteiger partial charge in [-0.2, -0.15) is 5.10 Å². The van der Waals surface area contributed by atoms with Crippen LogP contribution in [0.15, 0.2) is 30.3 Å². The number of rotatable bonds is 3. The predicted molar refractivity (Wildman–Crippen MR) is 80.7 cm³/mol. The van der Waals surface area contributed by atoms with E-state index in [1.807, 2.05) is 35.0 Å². The van der Waals surface area contributed by atoms with Crippen LogP contribution in [0.5, 0.6) is 5.88 Å². The molecule has 0 bridgehead atoms. The lowest BCUT2D eigenvalue weighted by molar-refractivity contribution is 0.147. The number of nitrogens with one attached hydrogen (secondary N) is 1. The Morgan fingerprint density at radius 2 is 2.05 bits per heavy atom. The van der Waals surface area contributed by atoms with Crippen LogP contribution < -0.4 is 10.1 Å². The van der Waals surface area contributed by atoms with Crippen LogP contribution in [-0.2, 0) is 6.54 Å². The first-order chi connectivity index (χ1) is 9.65. The number of fused-ring (bicyclic) bond motifs is 1. The van der Waals surface area contributed by atoms with Crippen molar-refractivity contribution in [3.05, 3.63) is 35.9 Å². The van der Waals surface area contributed by atoms with Crippen LogP contribution in [0.4, 0.5) is 11.5 Å². The van der Waals surface area contributed by atoms with Gasteiger partial charge in [0.1, 0.15) is 0 Å². The summed E-state index contributed by atoms with van der Waals surface area (Å²) in [6, 6.07) is 10.1. The Morgan fingerprint density at radius 1 is 1.30 bits per heavy atom. The van der Waals surface area contributed by atoms with Gasteiger partial charge in [0.25, 0.3) is 0 Å². The largest absolute Gasteiger partial charge is 0.474 e. The highest BCUT2D eigenvalue weighted by Crippen LogP contribution is 2.37. The third-order valence-electron chi connectivity index (χ3n) is 3.61. The Morgan fingerprint density at radius 3 is 2.75 bits per heavy atom. The molecule has 0 fully saturated rings. The molecular weight excluding hydrogens is 250 g/mol. The number of hydrogen-bond donors (Lipinski definition) is 1. The first-order valence-electron chi connectivity index (χ1n) is 7.24. The molecule has 0 radical (unpaired) electrons. The van der Waals surface area contributed by atoms with Crippen molar-refractivity contribution < 1.29 is 4.74 Å². The van der Waals surface area contributed by atoms with Gasteiger partial charge in [0.2, 0.25) is 5.88 Å². The van der Waals surface area contributed by atoms with Gasteiger partial charge >= 0.3 is 0 Å². The van der Waals surface area contributed by atoms with E-state index in [1.165, 1.54) is 5.56 Å². The smallest absolute Gasteiger partial charge is 0.217 e. The lowest BCUT2D eigenvalue weighted by atomic mass is 10.1. The predicted octanol–water partition coefficient (Wildman–Crippen LogP) is 3.92. The number of aryl methyl sites for hydroxylation is 1. The summed E-state index contributed by atoms with van der Waals surface area (Å²) in [4.78, 5) is 0. The lowest BCUT2D eigenvalue weighted by Crippen LogP contribution is -2.23. The van der Waals surface area contributed by atoms with E-state index in [0.717, 1.165) is 30.4 Å². The molecule has 0 saturated heterocycles. The average molecular weight is 271 g/mol. The number of hydrogen-bond acceptors (Lipinski definition) is 3. The van der Waals surface area contributed by atoms with Crippen molar-refractivity contribution in [2.45, 2.75) is 45.8 Å². The number of anilines is 2. The maximum Gasteiger partial charge on any atom is 0.217 e. The molecule has 2 heterocycles. The van der Waals surface area contributed by atoms with Gasteiger partial charge in [-0.25, -0.2) is 4.68 Å². The molecule has 1 N–H and O–H groups in total. The second kappa shape index (κ2) is 5.19. The van der Waals surface area contributed by atoms with Crippen molar-refractivity contribution in [1.29, 1.82) is 0 Å². The number of nitrogens with zero attached hydrogens (tertiary/aromatic N) is 2. The van der Waals surface area contributed by atoms with Crippen LogP contribution in [0, 0.1) is 0 Å². The average Bonchev–Trinajstić information content (AvgIpc) is 2.77. The minimum absolute atomic E-state index is 0.265. The summed E-state index contributed by atoms with van der Waals surface area (Å²) in [6.07, 6.45) is 1.28. The quantitative estimate of drug-likeness (QED) is 0.919. The summed E-state index contributed by atoms with van der Waals surface area (Å²) in [5, 5.41) is 8.10. The Bertz CT molecular complexity index is 589. The summed E-state index contributed by atoms with van der Waals surface area (Å²) in [6.45, 7) is 7.39. The fourth-order valence-corrected chi connectivity index (χ4v) is 2.56. The van der Waals surface area contributed by atoms with Crippen LogP contribution in [0.1, 0.15) is 38.7 Å². The monoisotopic (exact) mass is 271 g/mol. The molecule has 1 aliphatic heterocycles. The fourth-order valence-electron chi connectivity index (χ4n) is 2.56. The minimum atomic E-state index is 0.265. The van der Waals surface area contributed by atoms with E-state index in [1.54, 1.807) is 0 Å². The van der Waals surface area contributed by atoms with Crippen LogP contribution in [0.3, 0.4) is 0 Å². The van der Waals surface area contributed by atoms with E-state index < -0.39 is 0 Å². The normalized spacial score (nSPS) is 17.7. The molecular formula is C16H21N3O. The van der Waals surface area contributed by atoms with Crippen LogP contribution in [-0.4, -0.2) is 15.9 Å². The van der Waals surface area contributed by atoms with E-state index in [2.05, 4.69) is 31.2 Å². The fraction of sp³-hybridized carbons (Fsp3) is 0.438. The molecule has 0 spiro atoms. The lowest BCUT2D eigenvalue weighted by Gasteiger charge is -2.22. The van der Waals surface area contributed by atoms with Gasteiger partial charge in [0, 0.05) is 18.7 Å². The van der Waals surface area contributed by atoms with E-state index in [4.69, 9.17) is 4.74 Å². The Labute approximate surface area is 119 Å². The van der Waals surface area contributed by atoms with Crippen molar-refractivity contribution in [3.8, 4) is 5.88 Å². The molecule has 1 aliphatic rings. The van der Waals surface area contributed by atoms with Gasteiger partial charge in [-0.15, -0.1) is 0 Å². The standard InChI is InChI=1S/C16H21N3O/c1-11(2)14-15(17-13-7-5-4-6-8-13)18-19-10-9-12(3)20-16(14)19/h4-8,11-12H,9-10H2,1-3H3,(H,17,18)/t12-/m1/s1. The van der Waals surface area contributed by atoms with Crippen molar-refractivity contribution in [2.24, 2.45) is 0 Å². The molecule has 1 aromatic heterocycles. The molecule has 0 unspecified atom stereocenters. The van der Waals surface area contributed by atoms with Gasteiger partial charge in [-0.05, 0) is 25.0 Å². The second-order valence-corrected chi connectivity index (χ2v) is 5.65. The summed E-state index contributed by atoms with van der Waals surface area (Å²) in [5.74, 6) is 2.21. The van der Waals surface area contributed by atoms with E-state index in [9.17, 15) is 0 Å². The van der Waals surface area contributed by atoms with E-state index in [0.29, 0.717) is 5.92 Å². The zero-order valence-electron chi connectivity index (χ0n) is 12.3. The first kappa shape index (κ1) is 13.0. The summed E-state index contributed by atoms with van der Waals surface area (Å²) >= 11 is 0. The molecule has 106 valence electrons. The van der Waals surface area contributed by atoms with Crippen molar-refractivity contribution in [2.75, 3.05) is 5.32 Å². The topological polar surface area (TPSA) is 39.1 Å². The highest BCUT2D eigenvalue weighted by atomic mass is 16.5. The Balaban J connectivity index is 1.98. The highest BCUT2D eigenvalue weighted by Gasteiger charge is 2.26. The summed E-state index contributed by atoms with van der Waals surface area (Å²) < 4.78 is 7.99.